The monoisotopic (exact) mass is 321 g/mol. The van der Waals surface area contributed by atoms with Crippen molar-refractivity contribution in [3.05, 3.63) is 70.7 Å². The van der Waals surface area contributed by atoms with Gasteiger partial charge in [0.15, 0.2) is 0 Å². The van der Waals surface area contributed by atoms with Crippen molar-refractivity contribution in [3.8, 4) is 0 Å². The normalized spacial score (nSPS) is 12.3. The van der Waals surface area contributed by atoms with Crippen LogP contribution in [0.4, 0.5) is 0 Å². The molecule has 1 aromatic carbocycles. The number of aryl methyl sites for hydroxylation is 3. The zero-order valence-corrected chi connectivity index (χ0v) is 14.6. The van der Waals surface area contributed by atoms with Gasteiger partial charge in [-0.25, -0.2) is 4.98 Å². The average molecular weight is 321 g/mol. The minimum absolute atomic E-state index is 0.0516. The molecule has 1 atom stereocenters. The fourth-order valence-electron chi connectivity index (χ4n) is 2.97. The number of benzene rings is 1. The molecule has 0 aliphatic carbocycles. The molecule has 0 bridgehead atoms. The van der Waals surface area contributed by atoms with Gasteiger partial charge in [0.1, 0.15) is 5.65 Å². The molecule has 0 aliphatic rings. The lowest BCUT2D eigenvalue weighted by Gasteiger charge is -2.14. The van der Waals surface area contributed by atoms with Gasteiger partial charge in [0.2, 0.25) is 0 Å². The highest BCUT2D eigenvalue weighted by Gasteiger charge is 2.16. The van der Waals surface area contributed by atoms with Gasteiger partial charge in [0, 0.05) is 17.6 Å². The predicted molar refractivity (Wildman–Crippen MR) is 96.4 cm³/mol. The van der Waals surface area contributed by atoms with Gasteiger partial charge in [-0.2, -0.15) is 0 Å². The molecule has 124 valence electrons. The summed E-state index contributed by atoms with van der Waals surface area (Å²) in [6, 6.07) is 12.2. The Bertz CT molecular complexity index is 878. The number of hydrogen-bond donors (Lipinski definition) is 1. The van der Waals surface area contributed by atoms with Gasteiger partial charge in [-0.1, -0.05) is 31.2 Å². The highest BCUT2D eigenvalue weighted by molar-refractivity contribution is 6.00. The third-order valence-electron chi connectivity index (χ3n) is 4.42. The predicted octanol–water partition coefficient (Wildman–Crippen LogP) is 4.00. The minimum Gasteiger partial charge on any atom is -0.345 e. The third kappa shape index (κ3) is 3.04. The Hall–Kier alpha value is -2.62. The van der Waals surface area contributed by atoms with Crippen LogP contribution in [0.5, 0.6) is 0 Å². The summed E-state index contributed by atoms with van der Waals surface area (Å²) in [5.41, 5.74) is 5.70. The maximum atomic E-state index is 12.7. The molecule has 1 N–H and O–H groups in total. The summed E-state index contributed by atoms with van der Waals surface area (Å²) in [4.78, 5) is 17.2. The summed E-state index contributed by atoms with van der Waals surface area (Å²) in [6.07, 6.45) is 2.91. The van der Waals surface area contributed by atoms with Gasteiger partial charge in [-0.15, -0.1) is 0 Å². The topological polar surface area (TPSA) is 46.4 Å². The highest BCUT2D eigenvalue weighted by atomic mass is 16.1. The van der Waals surface area contributed by atoms with Crippen LogP contribution in [0.2, 0.25) is 0 Å². The Morgan fingerprint density at radius 2 is 1.92 bits per heavy atom. The quantitative estimate of drug-likeness (QED) is 0.789. The van der Waals surface area contributed by atoms with Gasteiger partial charge >= 0.3 is 0 Å². The number of carbonyl (C=O) groups excluding carboxylic acids is 1. The SMILES string of the molecule is CCc1ccc([C@@H](C)NC(=O)c2ccn3c(C)cc(C)nc23)cc1. The molecule has 3 aromatic rings. The first-order valence-electron chi connectivity index (χ1n) is 8.34. The number of nitrogens with one attached hydrogen (secondary N) is 1. The van der Waals surface area contributed by atoms with Crippen LogP contribution in [0, 0.1) is 13.8 Å². The molecule has 4 heteroatoms. The number of hydrogen-bond acceptors (Lipinski definition) is 2. The number of nitrogens with zero attached hydrogens (tertiary/aromatic N) is 2. The van der Waals surface area contributed by atoms with Crippen molar-refractivity contribution in [2.24, 2.45) is 0 Å². The van der Waals surface area contributed by atoms with Gasteiger partial charge in [0.05, 0.1) is 11.6 Å². The van der Waals surface area contributed by atoms with Crippen molar-refractivity contribution < 1.29 is 4.79 Å². The number of fused-ring (bicyclic) bond motifs is 1. The highest BCUT2D eigenvalue weighted by Crippen LogP contribution is 2.18. The van der Waals surface area contributed by atoms with Crippen LogP contribution in [-0.4, -0.2) is 15.3 Å². The zero-order chi connectivity index (χ0) is 17.3. The molecule has 0 saturated heterocycles. The van der Waals surface area contributed by atoms with Crippen molar-refractivity contribution in [2.45, 2.75) is 40.2 Å². The van der Waals surface area contributed by atoms with E-state index in [1.807, 2.05) is 43.5 Å². The molecule has 1 amide bonds. The van der Waals surface area contributed by atoms with Crippen LogP contribution in [0.25, 0.3) is 5.65 Å². The van der Waals surface area contributed by atoms with E-state index in [1.54, 1.807) is 0 Å². The van der Waals surface area contributed by atoms with E-state index in [0.29, 0.717) is 11.2 Å². The van der Waals surface area contributed by atoms with Crippen molar-refractivity contribution in [2.75, 3.05) is 0 Å². The third-order valence-corrected chi connectivity index (χ3v) is 4.42. The lowest BCUT2D eigenvalue weighted by molar-refractivity contribution is 0.0941. The molecule has 4 nitrogen and oxygen atoms in total. The first-order chi connectivity index (χ1) is 11.5. The van der Waals surface area contributed by atoms with Gasteiger partial charge < -0.3 is 9.72 Å². The van der Waals surface area contributed by atoms with E-state index in [9.17, 15) is 4.79 Å². The summed E-state index contributed by atoms with van der Waals surface area (Å²) in [6.45, 7) is 8.09. The molecule has 0 saturated carbocycles. The molecule has 24 heavy (non-hydrogen) atoms. The van der Waals surface area contributed by atoms with E-state index in [4.69, 9.17) is 0 Å². The van der Waals surface area contributed by atoms with Gasteiger partial charge in [-0.3, -0.25) is 4.79 Å². The smallest absolute Gasteiger partial charge is 0.255 e. The lowest BCUT2D eigenvalue weighted by Crippen LogP contribution is -2.26. The molecular formula is C20H23N3O. The van der Waals surface area contributed by atoms with Gasteiger partial charge in [-0.05, 0) is 50.5 Å². The van der Waals surface area contributed by atoms with Crippen molar-refractivity contribution in [1.82, 2.24) is 14.7 Å². The average Bonchev–Trinajstić information content (AvgIpc) is 2.99. The first kappa shape index (κ1) is 16.2. The Labute approximate surface area is 142 Å². The summed E-state index contributed by atoms with van der Waals surface area (Å²) in [7, 11) is 0. The number of aromatic nitrogens is 2. The van der Waals surface area contributed by atoms with E-state index in [0.717, 1.165) is 23.4 Å². The van der Waals surface area contributed by atoms with Crippen LogP contribution >= 0.6 is 0 Å². The largest absolute Gasteiger partial charge is 0.345 e. The van der Waals surface area contributed by atoms with Crippen molar-refractivity contribution in [3.63, 3.8) is 0 Å². The van der Waals surface area contributed by atoms with Crippen molar-refractivity contribution >= 4 is 11.6 Å². The Kier molecular flexibility index (Phi) is 4.38. The standard InChI is InChI=1S/C20H23N3O/c1-5-16-6-8-17(9-7-16)15(4)22-20(24)18-10-11-23-14(3)12-13(2)21-19(18)23/h6-12,15H,5H2,1-4H3,(H,22,24)/t15-/m1/s1. The molecule has 2 aromatic heterocycles. The number of amides is 1. The van der Waals surface area contributed by atoms with E-state index >= 15 is 0 Å². The Morgan fingerprint density at radius 1 is 1.21 bits per heavy atom. The Balaban J connectivity index is 1.84. The van der Waals surface area contributed by atoms with Crippen LogP contribution in [0.3, 0.4) is 0 Å². The van der Waals surface area contributed by atoms with Crippen LogP contribution < -0.4 is 5.32 Å². The molecule has 0 spiro atoms. The second kappa shape index (κ2) is 6.48. The zero-order valence-electron chi connectivity index (χ0n) is 14.6. The molecule has 3 rings (SSSR count). The van der Waals surface area contributed by atoms with Crippen molar-refractivity contribution in [1.29, 1.82) is 0 Å². The van der Waals surface area contributed by atoms with E-state index < -0.39 is 0 Å². The number of rotatable bonds is 4. The molecule has 0 aliphatic heterocycles. The fraction of sp³-hybridized carbons (Fsp3) is 0.300. The molecule has 0 unspecified atom stereocenters. The van der Waals surface area contributed by atoms with E-state index in [1.165, 1.54) is 5.56 Å². The molecule has 2 heterocycles. The first-order valence-corrected chi connectivity index (χ1v) is 8.34. The van der Waals surface area contributed by atoms with Gasteiger partial charge in [0.25, 0.3) is 5.91 Å². The number of carbonyl (C=O) groups is 1. The summed E-state index contributed by atoms with van der Waals surface area (Å²) in [5.74, 6) is -0.0953. The van der Waals surface area contributed by atoms with Crippen LogP contribution in [0.15, 0.2) is 42.6 Å². The second-order valence-corrected chi connectivity index (χ2v) is 6.25. The lowest BCUT2D eigenvalue weighted by atomic mass is 10.0. The van der Waals surface area contributed by atoms with E-state index in [-0.39, 0.29) is 11.9 Å². The molecular weight excluding hydrogens is 298 g/mol. The maximum absolute atomic E-state index is 12.7. The maximum Gasteiger partial charge on any atom is 0.255 e. The molecule has 0 fully saturated rings. The summed E-state index contributed by atoms with van der Waals surface area (Å²) < 4.78 is 1.95. The summed E-state index contributed by atoms with van der Waals surface area (Å²) in [5, 5.41) is 3.07. The van der Waals surface area contributed by atoms with E-state index in [2.05, 4.69) is 41.5 Å². The van der Waals surface area contributed by atoms with Crippen LogP contribution in [0.1, 0.15) is 52.8 Å². The minimum atomic E-state index is -0.0953. The van der Waals surface area contributed by atoms with Crippen LogP contribution in [-0.2, 0) is 6.42 Å². The summed E-state index contributed by atoms with van der Waals surface area (Å²) >= 11 is 0. The fourth-order valence-corrected chi connectivity index (χ4v) is 2.97. The second-order valence-electron chi connectivity index (χ2n) is 6.25. The molecule has 0 radical (unpaired) electrons. The Morgan fingerprint density at radius 3 is 2.58 bits per heavy atom.